The van der Waals surface area contributed by atoms with Crippen LogP contribution in [0.25, 0.3) is 0 Å². The molecule has 27 heavy (non-hydrogen) atoms. The number of benzene rings is 2. The van der Waals surface area contributed by atoms with Gasteiger partial charge in [-0.25, -0.2) is 12.8 Å². The maximum atomic E-state index is 13.4. The van der Waals surface area contributed by atoms with Gasteiger partial charge in [0.25, 0.3) is 0 Å². The predicted octanol–water partition coefficient (Wildman–Crippen LogP) is 2.49. The maximum absolute atomic E-state index is 13.4. The maximum Gasteiger partial charge on any atom is 0.243 e. The van der Waals surface area contributed by atoms with Gasteiger partial charge in [0.2, 0.25) is 10.0 Å². The highest BCUT2D eigenvalue weighted by atomic mass is 32.2. The lowest BCUT2D eigenvalue weighted by Crippen LogP contribution is -2.63. The van der Waals surface area contributed by atoms with Crippen molar-refractivity contribution >= 4 is 10.0 Å². The quantitative estimate of drug-likeness (QED) is 0.787. The molecule has 7 heteroatoms. The van der Waals surface area contributed by atoms with Gasteiger partial charge in [-0.2, -0.15) is 4.31 Å². The van der Waals surface area contributed by atoms with Crippen molar-refractivity contribution in [2.24, 2.45) is 0 Å². The van der Waals surface area contributed by atoms with Crippen molar-refractivity contribution in [1.29, 1.82) is 0 Å². The zero-order valence-corrected chi connectivity index (χ0v) is 16.0. The molecule has 1 unspecified atom stereocenters. The fraction of sp³-hybridized carbons (Fsp3) is 0.400. The molecule has 0 aliphatic carbocycles. The predicted molar refractivity (Wildman–Crippen MR) is 100 cm³/mol. The summed E-state index contributed by atoms with van der Waals surface area (Å²) >= 11 is 0. The zero-order valence-electron chi connectivity index (χ0n) is 15.2. The molecule has 1 atom stereocenters. The third kappa shape index (κ3) is 3.65. The van der Waals surface area contributed by atoms with Crippen molar-refractivity contribution in [1.82, 2.24) is 9.21 Å². The Hall–Kier alpha value is -1.80. The molecular formula is C20H23FN2O3S. The highest BCUT2D eigenvalue weighted by Crippen LogP contribution is 2.39. The van der Waals surface area contributed by atoms with E-state index in [1.165, 1.54) is 28.1 Å². The van der Waals surface area contributed by atoms with E-state index in [2.05, 4.69) is 24.1 Å². The fourth-order valence-corrected chi connectivity index (χ4v) is 5.49. The van der Waals surface area contributed by atoms with Gasteiger partial charge >= 0.3 is 0 Å². The standard InChI is InChI=1S/C20H23FN2O3S/c1-22(12-16-6-3-2-4-7-16)18-11-20(26-13-18)14-23(15-20)27(24,25)19-9-5-8-17(21)10-19/h2-10,18H,11-15H2,1H3. The van der Waals surface area contributed by atoms with Crippen LogP contribution in [0.5, 0.6) is 0 Å². The van der Waals surface area contributed by atoms with Crippen molar-refractivity contribution < 1.29 is 17.5 Å². The Balaban J connectivity index is 1.38. The largest absolute Gasteiger partial charge is 0.371 e. The van der Waals surface area contributed by atoms with E-state index in [-0.39, 0.29) is 10.9 Å². The highest BCUT2D eigenvalue weighted by Gasteiger charge is 2.54. The molecule has 2 aliphatic rings. The summed E-state index contributed by atoms with van der Waals surface area (Å²) in [5.41, 5.74) is 0.820. The molecule has 5 nitrogen and oxygen atoms in total. The Morgan fingerprint density at radius 1 is 1.19 bits per heavy atom. The van der Waals surface area contributed by atoms with Crippen LogP contribution in [-0.2, 0) is 21.3 Å². The van der Waals surface area contributed by atoms with Crippen molar-refractivity contribution in [3.05, 3.63) is 66.0 Å². The van der Waals surface area contributed by atoms with Gasteiger partial charge in [-0.05, 0) is 37.2 Å². The summed E-state index contributed by atoms with van der Waals surface area (Å²) in [6.07, 6.45) is 0.797. The summed E-state index contributed by atoms with van der Waals surface area (Å²) in [5.74, 6) is -0.550. The first kappa shape index (κ1) is 18.6. The van der Waals surface area contributed by atoms with Crippen LogP contribution in [-0.4, -0.2) is 56.0 Å². The van der Waals surface area contributed by atoms with Crippen LogP contribution in [0.4, 0.5) is 4.39 Å². The number of hydrogen-bond donors (Lipinski definition) is 0. The van der Waals surface area contributed by atoms with Gasteiger partial charge in [0.15, 0.2) is 0 Å². The lowest BCUT2D eigenvalue weighted by Gasteiger charge is -2.46. The fourth-order valence-electron chi connectivity index (χ4n) is 3.87. The average molecular weight is 390 g/mol. The molecule has 4 rings (SSSR count). The van der Waals surface area contributed by atoms with E-state index in [4.69, 9.17) is 4.74 Å². The number of sulfonamides is 1. The summed E-state index contributed by atoms with van der Waals surface area (Å²) in [6, 6.07) is 15.6. The molecular weight excluding hydrogens is 367 g/mol. The van der Waals surface area contributed by atoms with Gasteiger partial charge in [0.05, 0.1) is 17.1 Å². The van der Waals surface area contributed by atoms with Crippen LogP contribution >= 0.6 is 0 Å². The molecule has 2 aromatic rings. The molecule has 144 valence electrons. The molecule has 2 aliphatic heterocycles. The summed E-state index contributed by atoms with van der Waals surface area (Å²) < 4.78 is 46.1. The Labute approximate surface area is 159 Å². The van der Waals surface area contributed by atoms with Crippen molar-refractivity contribution in [2.75, 3.05) is 26.7 Å². The second-order valence-corrected chi connectivity index (χ2v) is 9.42. The van der Waals surface area contributed by atoms with Crippen molar-refractivity contribution in [3.8, 4) is 0 Å². The second kappa shape index (κ2) is 6.98. The molecule has 0 bridgehead atoms. The Bertz CT molecular complexity index is 914. The molecule has 2 heterocycles. The summed E-state index contributed by atoms with van der Waals surface area (Å²) in [7, 11) is -1.61. The van der Waals surface area contributed by atoms with Crippen LogP contribution in [0.15, 0.2) is 59.5 Å². The Morgan fingerprint density at radius 3 is 2.63 bits per heavy atom. The molecule has 2 fully saturated rings. The second-order valence-electron chi connectivity index (χ2n) is 7.48. The van der Waals surface area contributed by atoms with Gasteiger partial charge in [0.1, 0.15) is 5.82 Å². The summed E-state index contributed by atoms with van der Waals surface area (Å²) in [6.45, 7) is 2.07. The Kier molecular flexibility index (Phi) is 4.80. The average Bonchev–Trinajstić information content (AvgIpc) is 3.07. The van der Waals surface area contributed by atoms with Gasteiger partial charge in [-0.15, -0.1) is 0 Å². The minimum Gasteiger partial charge on any atom is -0.371 e. The molecule has 1 spiro atoms. The highest BCUT2D eigenvalue weighted by molar-refractivity contribution is 7.89. The smallest absolute Gasteiger partial charge is 0.243 e. The van der Waals surface area contributed by atoms with E-state index in [9.17, 15) is 12.8 Å². The Morgan fingerprint density at radius 2 is 1.93 bits per heavy atom. The number of nitrogens with zero attached hydrogens (tertiary/aromatic N) is 2. The molecule has 0 radical (unpaired) electrons. The normalized spacial score (nSPS) is 22.3. The van der Waals surface area contributed by atoms with Crippen LogP contribution in [0.3, 0.4) is 0 Å². The SMILES string of the molecule is CN(Cc1ccccc1)C1COC2(C1)CN(S(=O)(=O)c1cccc(F)c1)C2. The molecule has 2 saturated heterocycles. The molecule has 2 aromatic carbocycles. The molecule has 0 N–H and O–H groups in total. The van der Waals surface area contributed by atoms with Crippen LogP contribution in [0, 0.1) is 5.82 Å². The number of halogens is 1. The molecule has 0 saturated carbocycles. The third-order valence-corrected chi connectivity index (χ3v) is 7.24. The van der Waals surface area contributed by atoms with Gasteiger partial charge in [-0.1, -0.05) is 36.4 Å². The number of likely N-dealkylation sites (N-methyl/N-ethyl adjacent to an activating group) is 1. The van der Waals surface area contributed by atoms with Crippen LogP contribution < -0.4 is 0 Å². The van der Waals surface area contributed by atoms with E-state index in [1.54, 1.807) is 0 Å². The van der Waals surface area contributed by atoms with Crippen molar-refractivity contribution in [3.63, 3.8) is 0 Å². The lowest BCUT2D eigenvalue weighted by atomic mass is 9.91. The first-order chi connectivity index (χ1) is 12.9. The van der Waals surface area contributed by atoms with Gasteiger partial charge in [-0.3, -0.25) is 4.90 Å². The topological polar surface area (TPSA) is 49.9 Å². The summed E-state index contributed by atoms with van der Waals surface area (Å²) in [5, 5.41) is 0. The zero-order chi connectivity index (χ0) is 19.1. The third-order valence-electron chi connectivity index (χ3n) is 5.45. The first-order valence-corrected chi connectivity index (χ1v) is 10.5. The van der Waals surface area contributed by atoms with E-state index in [1.807, 2.05) is 18.2 Å². The van der Waals surface area contributed by atoms with E-state index >= 15 is 0 Å². The summed E-state index contributed by atoms with van der Waals surface area (Å²) in [4.78, 5) is 2.25. The van der Waals surface area contributed by atoms with Crippen LogP contribution in [0.2, 0.25) is 0 Å². The monoisotopic (exact) mass is 390 g/mol. The minimum atomic E-state index is -3.67. The number of ether oxygens (including phenoxy) is 1. The number of hydrogen-bond acceptors (Lipinski definition) is 4. The van der Waals surface area contributed by atoms with Gasteiger partial charge in [0, 0.05) is 25.7 Å². The molecule has 0 aromatic heterocycles. The van der Waals surface area contributed by atoms with E-state index in [0.29, 0.717) is 19.7 Å². The number of rotatable bonds is 5. The van der Waals surface area contributed by atoms with Gasteiger partial charge < -0.3 is 4.74 Å². The van der Waals surface area contributed by atoms with E-state index < -0.39 is 21.4 Å². The minimum absolute atomic E-state index is 0.00640. The van der Waals surface area contributed by atoms with Crippen LogP contribution in [0.1, 0.15) is 12.0 Å². The first-order valence-electron chi connectivity index (χ1n) is 9.02. The molecule has 0 amide bonds. The van der Waals surface area contributed by atoms with Crippen molar-refractivity contribution in [2.45, 2.75) is 29.5 Å². The van der Waals surface area contributed by atoms with E-state index in [0.717, 1.165) is 19.0 Å². The lowest BCUT2D eigenvalue weighted by molar-refractivity contribution is -0.0774.